The zero-order valence-electron chi connectivity index (χ0n) is 16.4. The van der Waals surface area contributed by atoms with E-state index >= 15 is 0 Å². The first kappa shape index (κ1) is 20.3. The van der Waals surface area contributed by atoms with Gasteiger partial charge < -0.3 is 15.3 Å². The minimum absolute atomic E-state index is 0.0686. The van der Waals surface area contributed by atoms with Crippen LogP contribution in [0.1, 0.15) is 45.3 Å². The number of carbonyl (C=O) groups excluding carboxylic acids is 2. The molecule has 0 unspecified atom stereocenters. The lowest BCUT2D eigenvalue weighted by Crippen LogP contribution is -2.38. The van der Waals surface area contributed by atoms with Crippen molar-refractivity contribution in [3.8, 4) is 5.88 Å². The molecule has 10 heteroatoms. The molecule has 31 heavy (non-hydrogen) atoms. The smallest absolute Gasteiger partial charge is 0.276 e. The van der Waals surface area contributed by atoms with E-state index in [1.165, 1.54) is 24.3 Å². The third kappa shape index (κ3) is 4.47. The summed E-state index contributed by atoms with van der Waals surface area (Å²) in [4.78, 5) is 40.2. The summed E-state index contributed by atoms with van der Waals surface area (Å²) < 4.78 is 13.7. The van der Waals surface area contributed by atoms with E-state index in [0.717, 1.165) is 11.8 Å². The number of carbonyl (C=O) groups is 2. The van der Waals surface area contributed by atoms with Crippen LogP contribution in [-0.2, 0) is 0 Å². The molecule has 0 radical (unpaired) electrons. The summed E-state index contributed by atoms with van der Waals surface area (Å²) in [6.45, 7) is 0.902. The molecule has 0 spiro atoms. The van der Waals surface area contributed by atoms with Crippen LogP contribution in [0.3, 0.4) is 0 Å². The fraction of sp³-hybridized carbons (Fsp3) is 0.238. The summed E-state index contributed by atoms with van der Waals surface area (Å²) in [5, 5.41) is 18.9. The van der Waals surface area contributed by atoms with E-state index in [9.17, 15) is 23.9 Å². The van der Waals surface area contributed by atoms with Crippen molar-refractivity contribution in [2.75, 3.05) is 18.4 Å². The van der Waals surface area contributed by atoms with Gasteiger partial charge in [0.15, 0.2) is 11.6 Å². The van der Waals surface area contributed by atoms with Crippen molar-refractivity contribution >= 4 is 17.5 Å². The van der Waals surface area contributed by atoms with Gasteiger partial charge >= 0.3 is 0 Å². The topological polar surface area (TPSA) is 131 Å². The van der Waals surface area contributed by atoms with Crippen LogP contribution in [0.2, 0.25) is 0 Å². The summed E-state index contributed by atoms with van der Waals surface area (Å²) in [6, 6.07) is 9.90. The van der Waals surface area contributed by atoms with Gasteiger partial charge in [0.25, 0.3) is 17.4 Å². The number of pyridine rings is 1. The van der Waals surface area contributed by atoms with Crippen molar-refractivity contribution in [3.63, 3.8) is 0 Å². The number of hydrogen-bond acceptors (Lipinski definition) is 5. The molecule has 1 fully saturated rings. The van der Waals surface area contributed by atoms with Crippen molar-refractivity contribution in [1.82, 2.24) is 20.1 Å². The number of aromatic nitrogens is 3. The molecular formula is C21H20FN5O4. The molecule has 3 heterocycles. The van der Waals surface area contributed by atoms with E-state index in [4.69, 9.17) is 0 Å². The Labute approximate surface area is 175 Å². The number of rotatable bonds is 4. The summed E-state index contributed by atoms with van der Waals surface area (Å²) in [5.74, 6) is -1.66. The van der Waals surface area contributed by atoms with Crippen LogP contribution in [0, 0.1) is 5.82 Å². The van der Waals surface area contributed by atoms with E-state index in [1.807, 2.05) is 0 Å². The Bertz CT molecular complexity index is 1180. The number of aromatic hydroxyl groups is 1. The number of H-pyrrole nitrogens is 2. The fourth-order valence-corrected chi connectivity index (χ4v) is 3.64. The summed E-state index contributed by atoms with van der Waals surface area (Å²) in [5.41, 5.74) is 0.579. The first-order chi connectivity index (χ1) is 14.9. The van der Waals surface area contributed by atoms with Crippen LogP contribution in [0.15, 0.2) is 47.3 Å². The monoisotopic (exact) mass is 425 g/mol. The number of anilines is 1. The number of piperidine rings is 1. The predicted molar refractivity (Wildman–Crippen MR) is 110 cm³/mol. The average Bonchev–Trinajstić information content (AvgIpc) is 3.25. The Balaban J connectivity index is 1.38. The molecule has 4 N–H and O–H groups in total. The maximum absolute atomic E-state index is 13.7. The number of benzene rings is 1. The quantitative estimate of drug-likeness (QED) is 0.509. The minimum atomic E-state index is -0.545. The van der Waals surface area contributed by atoms with Crippen molar-refractivity contribution in [3.05, 3.63) is 75.6 Å². The standard InChI is InChI=1S/C21H20FN5O4/c22-14-3-1-2-4-15(14)23-20(30)17-11-16(25-26-17)12-5-7-27(8-6-12)21(31)13-9-18(28)24-19(29)10-13/h1-4,9-12H,5-8H2,(H,23,30)(H,25,26)(H2,24,28,29). The lowest BCUT2D eigenvalue weighted by Gasteiger charge is -2.31. The normalized spacial score (nSPS) is 14.4. The van der Waals surface area contributed by atoms with E-state index in [2.05, 4.69) is 20.5 Å². The van der Waals surface area contributed by atoms with Gasteiger partial charge in [-0.25, -0.2) is 4.39 Å². The zero-order valence-corrected chi connectivity index (χ0v) is 16.4. The molecule has 1 aliphatic heterocycles. The van der Waals surface area contributed by atoms with E-state index in [-0.39, 0.29) is 34.6 Å². The molecule has 0 atom stereocenters. The average molecular weight is 425 g/mol. The van der Waals surface area contributed by atoms with Crippen molar-refractivity contribution < 1.29 is 19.1 Å². The second kappa shape index (κ2) is 8.42. The second-order valence-corrected chi connectivity index (χ2v) is 7.33. The Morgan fingerprint density at radius 3 is 2.61 bits per heavy atom. The predicted octanol–water partition coefficient (Wildman–Crippen LogP) is 2.21. The molecule has 1 saturated heterocycles. The molecule has 0 aliphatic carbocycles. The zero-order chi connectivity index (χ0) is 22.0. The molecule has 0 saturated carbocycles. The van der Waals surface area contributed by atoms with Crippen LogP contribution < -0.4 is 10.9 Å². The van der Waals surface area contributed by atoms with E-state index in [0.29, 0.717) is 25.9 Å². The van der Waals surface area contributed by atoms with Gasteiger partial charge in [-0.1, -0.05) is 12.1 Å². The van der Waals surface area contributed by atoms with E-state index < -0.39 is 17.3 Å². The molecule has 4 rings (SSSR count). The molecule has 3 aromatic rings. The first-order valence-corrected chi connectivity index (χ1v) is 9.74. The highest BCUT2D eigenvalue weighted by Crippen LogP contribution is 2.28. The molecule has 160 valence electrons. The van der Waals surface area contributed by atoms with Crippen LogP contribution in [0.4, 0.5) is 10.1 Å². The number of aromatic amines is 2. The number of likely N-dealkylation sites (tertiary alicyclic amines) is 1. The van der Waals surface area contributed by atoms with Gasteiger partial charge in [0.1, 0.15) is 5.82 Å². The Morgan fingerprint density at radius 2 is 1.90 bits per heavy atom. The van der Waals surface area contributed by atoms with Gasteiger partial charge in [-0.2, -0.15) is 5.10 Å². The maximum atomic E-state index is 13.7. The van der Waals surface area contributed by atoms with Gasteiger partial charge in [0.2, 0.25) is 0 Å². The number of nitrogens with one attached hydrogen (secondary N) is 3. The summed E-state index contributed by atoms with van der Waals surface area (Å²) in [6.07, 6.45) is 1.27. The number of para-hydroxylation sites is 1. The lowest BCUT2D eigenvalue weighted by atomic mass is 9.93. The number of halogens is 1. The molecule has 1 aromatic carbocycles. The largest absolute Gasteiger partial charge is 0.494 e. The van der Waals surface area contributed by atoms with E-state index in [1.54, 1.807) is 17.0 Å². The van der Waals surface area contributed by atoms with Gasteiger partial charge in [-0.05, 0) is 31.0 Å². The third-order valence-electron chi connectivity index (χ3n) is 5.25. The van der Waals surface area contributed by atoms with Gasteiger partial charge in [-0.15, -0.1) is 0 Å². The summed E-state index contributed by atoms with van der Waals surface area (Å²) in [7, 11) is 0. The molecule has 2 aromatic heterocycles. The Hall–Kier alpha value is -3.95. The number of hydrogen-bond donors (Lipinski definition) is 4. The van der Waals surface area contributed by atoms with Gasteiger partial charge in [-0.3, -0.25) is 24.5 Å². The van der Waals surface area contributed by atoms with Crippen molar-refractivity contribution in [1.29, 1.82) is 0 Å². The second-order valence-electron chi connectivity index (χ2n) is 7.33. The molecule has 9 nitrogen and oxygen atoms in total. The molecular weight excluding hydrogens is 405 g/mol. The summed E-state index contributed by atoms with van der Waals surface area (Å²) >= 11 is 0. The lowest BCUT2D eigenvalue weighted by molar-refractivity contribution is 0.0711. The highest BCUT2D eigenvalue weighted by molar-refractivity contribution is 6.03. The van der Waals surface area contributed by atoms with Crippen LogP contribution in [-0.4, -0.2) is 50.1 Å². The number of amides is 2. The van der Waals surface area contributed by atoms with Crippen LogP contribution in [0.25, 0.3) is 0 Å². The molecule has 0 bridgehead atoms. The number of nitrogens with zero attached hydrogens (tertiary/aromatic N) is 2. The van der Waals surface area contributed by atoms with Crippen LogP contribution in [0.5, 0.6) is 5.88 Å². The van der Waals surface area contributed by atoms with Crippen molar-refractivity contribution in [2.24, 2.45) is 0 Å². The first-order valence-electron chi connectivity index (χ1n) is 9.74. The van der Waals surface area contributed by atoms with Crippen molar-refractivity contribution in [2.45, 2.75) is 18.8 Å². The van der Waals surface area contributed by atoms with Crippen LogP contribution >= 0.6 is 0 Å². The fourth-order valence-electron chi connectivity index (χ4n) is 3.64. The highest BCUT2D eigenvalue weighted by atomic mass is 19.1. The molecule has 1 aliphatic rings. The maximum Gasteiger partial charge on any atom is 0.276 e. The Morgan fingerprint density at radius 1 is 1.16 bits per heavy atom. The molecule has 2 amide bonds. The van der Waals surface area contributed by atoms with Gasteiger partial charge in [0, 0.05) is 36.8 Å². The van der Waals surface area contributed by atoms with Gasteiger partial charge in [0.05, 0.1) is 11.3 Å². The Kier molecular flexibility index (Phi) is 5.52. The SMILES string of the molecule is O=C(Nc1ccccc1F)c1cc(C2CCN(C(=O)c3cc(O)[nH]c(=O)c3)CC2)[nH]n1. The highest BCUT2D eigenvalue weighted by Gasteiger charge is 2.27. The third-order valence-corrected chi connectivity index (χ3v) is 5.25. The minimum Gasteiger partial charge on any atom is -0.494 e.